The Balaban J connectivity index is 1.81. The Morgan fingerprint density at radius 3 is 2.45 bits per heavy atom. The van der Waals surface area contributed by atoms with Gasteiger partial charge in [-0.2, -0.15) is 5.10 Å². The minimum atomic E-state index is -1.51. The number of hydrogen-bond donors (Lipinski definition) is 2. The average molecular weight is 294 g/mol. The first-order valence-electron chi connectivity index (χ1n) is 6.91. The molecule has 0 saturated carbocycles. The molecule has 0 bridgehead atoms. The van der Waals surface area contributed by atoms with Crippen molar-refractivity contribution in [1.82, 2.24) is 9.78 Å². The second-order valence-corrected chi connectivity index (χ2v) is 4.87. The number of hydrogen-bond acceptors (Lipinski definition) is 4. The summed E-state index contributed by atoms with van der Waals surface area (Å²) in [5.74, 6) is 1.51. The van der Waals surface area contributed by atoms with Crippen molar-refractivity contribution in [2.75, 3.05) is 0 Å². The molecule has 0 aliphatic heterocycles. The molecule has 0 radical (unpaired) electrons. The van der Waals surface area contributed by atoms with Crippen molar-refractivity contribution < 1.29 is 14.8 Å². The molecule has 0 saturated heterocycles. The molecule has 5 nitrogen and oxygen atoms in total. The molecule has 0 spiro atoms. The largest absolute Gasteiger partial charge is 0.491 e. The van der Waals surface area contributed by atoms with Crippen LogP contribution in [0.1, 0.15) is 5.56 Å². The molecular formula is C16H15BN2O3. The summed E-state index contributed by atoms with van der Waals surface area (Å²) in [7, 11) is -1.51. The van der Waals surface area contributed by atoms with Gasteiger partial charge in [-0.25, -0.2) is 0 Å². The zero-order valence-electron chi connectivity index (χ0n) is 11.8. The highest BCUT2D eigenvalue weighted by Crippen LogP contribution is 2.25. The summed E-state index contributed by atoms with van der Waals surface area (Å²) in [5.41, 5.74) is 1.31. The third-order valence-electron chi connectivity index (χ3n) is 3.23. The fourth-order valence-corrected chi connectivity index (χ4v) is 2.12. The standard InChI is InChI=1S/C16H15BN2O3/c20-17(21)14-10-18-19(12-14)11-13-6-4-5-9-16(13)22-15-7-2-1-3-8-15/h1-10,12,20-21H,11H2. The molecule has 3 rings (SSSR count). The van der Waals surface area contributed by atoms with E-state index in [2.05, 4.69) is 5.10 Å². The van der Waals surface area contributed by atoms with Gasteiger partial charge in [0.05, 0.1) is 6.54 Å². The van der Waals surface area contributed by atoms with Crippen molar-refractivity contribution in [2.24, 2.45) is 0 Å². The predicted molar refractivity (Wildman–Crippen MR) is 84.1 cm³/mol. The first-order valence-corrected chi connectivity index (χ1v) is 6.91. The molecule has 1 heterocycles. The number of rotatable bonds is 5. The summed E-state index contributed by atoms with van der Waals surface area (Å²) in [6.45, 7) is 0.482. The van der Waals surface area contributed by atoms with Gasteiger partial charge in [0.15, 0.2) is 0 Å². The summed E-state index contributed by atoms with van der Waals surface area (Å²) in [6, 6.07) is 17.2. The van der Waals surface area contributed by atoms with Gasteiger partial charge in [0.1, 0.15) is 11.5 Å². The van der Waals surface area contributed by atoms with Crippen LogP contribution in [0.25, 0.3) is 0 Å². The van der Waals surface area contributed by atoms with Gasteiger partial charge in [0.2, 0.25) is 0 Å². The highest BCUT2D eigenvalue weighted by atomic mass is 16.5. The van der Waals surface area contributed by atoms with Crippen LogP contribution in [0.5, 0.6) is 11.5 Å². The molecule has 2 N–H and O–H groups in total. The molecule has 0 aliphatic rings. The topological polar surface area (TPSA) is 67.5 Å². The molecule has 0 fully saturated rings. The van der Waals surface area contributed by atoms with E-state index in [0.717, 1.165) is 17.1 Å². The van der Waals surface area contributed by atoms with Gasteiger partial charge in [-0.15, -0.1) is 0 Å². The van der Waals surface area contributed by atoms with E-state index in [9.17, 15) is 0 Å². The molecule has 1 aromatic heterocycles. The molecule has 0 aliphatic carbocycles. The van der Waals surface area contributed by atoms with Gasteiger partial charge >= 0.3 is 7.12 Å². The molecule has 22 heavy (non-hydrogen) atoms. The van der Waals surface area contributed by atoms with E-state index in [1.54, 1.807) is 10.9 Å². The number of benzene rings is 2. The van der Waals surface area contributed by atoms with E-state index in [-0.39, 0.29) is 0 Å². The Morgan fingerprint density at radius 1 is 1.00 bits per heavy atom. The molecule has 2 aromatic carbocycles. The van der Waals surface area contributed by atoms with Crippen LogP contribution >= 0.6 is 0 Å². The smallest absolute Gasteiger partial charge is 0.457 e. The fourth-order valence-electron chi connectivity index (χ4n) is 2.12. The molecule has 0 unspecified atom stereocenters. The highest BCUT2D eigenvalue weighted by Gasteiger charge is 2.14. The van der Waals surface area contributed by atoms with Crippen molar-refractivity contribution in [3.63, 3.8) is 0 Å². The van der Waals surface area contributed by atoms with Gasteiger partial charge in [-0.1, -0.05) is 36.4 Å². The molecule has 0 atom stereocenters. The Labute approximate surface area is 128 Å². The lowest BCUT2D eigenvalue weighted by Crippen LogP contribution is -2.28. The quantitative estimate of drug-likeness (QED) is 0.698. The number of nitrogens with zero attached hydrogens (tertiary/aromatic N) is 2. The van der Waals surface area contributed by atoms with Crippen molar-refractivity contribution >= 4 is 12.6 Å². The maximum absolute atomic E-state index is 9.13. The van der Waals surface area contributed by atoms with E-state index in [1.165, 1.54) is 6.20 Å². The average Bonchev–Trinajstić information content (AvgIpc) is 2.99. The van der Waals surface area contributed by atoms with E-state index >= 15 is 0 Å². The second kappa shape index (κ2) is 6.47. The first-order chi connectivity index (χ1) is 10.7. The minimum Gasteiger partial charge on any atom is -0.457 e. The summed E-state index contributed by atoms with van der Waals surface area (Å²) < 4.78 is 7.54. The van der Waals surface area contributed by atoms with Crippen molar-refractivity contribution in [2.45, 2.75) is 6.54 Å². The summed E-state index contributed by atoms with van der Waals surface area (Å²) in [4.78, 5) is 0. The lowest BCUT2D eigenvalue weighted by molar-refractivity contribution is 0.425. The third-order valence-corrected chi connectivity index (χ3v) is 3.23. The van der Waals surface area contributed by atoms with E-state index in [0.29, 0.717) is 12.0 Å². The van der Waals surface area contributed by atoms with Gasteiger partial charge in [0, 0.05) is 23.4 Å². The van der Waals surface area contributed by atoms with Crippen LogP contribution in [0, 0.1) is 0 Å². The fraction of sp³-hybridized carbons (Fsp3) is 0.0625. The molecular weight excluding hydrogens is 279 g/mol. The molecule has 3 aromatic rings. The van der Waals surface area contributed by atoms with Crippen LogP contribution in [-0.4, -0.2) is 26.9 Å². The van der Waals surface area contributed by atoms with Gasteiger partial charge in [-0.3, -0.25) is 4.68 Å². The Bertz CT molecular complexity index is 744. The van der Waals surface area contributed by atoms with Crippen LogP contribution < -0.4 is 10.2 Å². The van der Waals surface area contributed by atoms with Gasteiger partial charge in [-0.05, 0) is 18.2 Å². The summed E-state index contributed by atoms with van der Waals surface area (Å²) >= 11 is 0. The van der Waals surface area contributed by atoms with E-state index < -0.39 is 7.12 Å². The van der Waals surface area contributed by atoms with Crippen molar-refractivity contribution in [3.05, 3.63) is 72.6 Å². The van der Waals surface area contributed by atoms with Crippen LogP contribution in [-0.2, 0) is 6.54 Å². The Kier molecular flexibility index (Phi) is 4.23. The maximum atomic E-state index is 9.13. The zero-order valence-corrected chi connectivity index (χ0v) is 11.8. The SMILES string of the molecule is OB(O)c1cnn(Cc2ccccc2Oc2ccccc2)c1. The van der Waals surface area contributed by atoms with Crippen molar-refractivity contribution in [3.8, 4) is 11.5 Å². The van der Waals surface area contributed by atoms with E-state index in [4.69, 9.17) is 14.8 Å². The third kappa shape index (κ3) is 3.36. The first kappa shape index (κ1) is 14.4. The van der Waals surface area contributed by atoms with Gasteiger partial charge < -0.3 is 14.8 Å². The lowest BCUT2D eigenvalue weighted by Gasteiger charge is -2.11. The Morgan fingerprint density at radius 2 is 1.73 bits per heavy atom. The number of ether oxygens (including phenoxy) is 1. The predicted octanol–water partition coefficient (Wildman–Crippen LogP) is 1.40. The highest BCUT2D eigenvalue weighted by molar-refractivity contribution is 6.58. The van der Waals surface area contributed by atoms with Crippen LogP contribution in [0.3, 0.4) is 0 Å². The second-order valence-electron chi connectivity index (χ2n) is 4.87. The van der Waals surface area contributed by atoms with Crippen molar-refractivity contribution in [1.29, 1.82) is 0 Å². The molecule has 110 valence electrons. The number of para-hydroxylation sites is 2. The molecule has 6 heteroatoms. The van der Waals surface area contributed by atoms with Gasteiger partial charge in [0.25, 0.3) is 0 Å². The minimum absolute atomic E-state index is 0.362. The zero-order chi connectivity index (χ0) is 15.4. The van der Waals surface area contributed by atoms with Crippen LogP contribution in [0.2, 0.25) is 0 Å². The van der Waals surface area contributed by atoms with Crippen LogP contribution in [0.4, 0.5) is 0 Å². The Hall–Kier alpha value is -2.57. The summed E-state index contributed by atoms with van der Waals surface area (Å²) in [6.07, 6.45) is 3.04. The van der Waals surface area contributed by atoms with E-state index in [1.807, 2.05) is 54.6 Å². The summed E-state index contributed by atoms with van der Waals surface area (Å²) in [5, 5.41) is 22.4. The normalized spacial score (nSPS) is 10.5. The monoisotopic (exact) mass is 294 g/mol. The number of aromatic nitrogens is 2. The maximum Gasteiger partial charge on any atom is 0.491 e. The lowest BCUT2D eigenvalue weighted by atomic mass is 9.83. The molecule has 0 amide bonds. The van der Waals surface area contributed by atoms with Crippen LogP contribution in [0.15, 0.2) is 67.0 Å².